The van der Waals surface area contributed by atoms with Crippen LogP contribution in [0.3, 0.4) is 0 Å². The summed E-state index contributed by atoms with van der Waals surface area (Å²) in [4.78, 5) is 11.2. The molecule has 0 radical (unpaired) electrons. The van der Waals surface area contributed by atoms with Gasteiger partial charge in [0.2, 0.25) is 5.91 Å². The van der Waals surface area contributed by atoms with Crippen LogP contribution < -0.4 is 5.32 Å². The lowest BCUT2D eigenvalue weighted by Crippen LogP contribution is -2.35. The maximum atomic E-state index is 11.2. The Morgan fingerprint density at radius 2 is 1.87 bits per heavy atom. The molecule has 0 aliphatic carbocycles. The zero-order chi connectivity index (χ0) is 11.5. The molecular weight excluding hydrogens is 198 g/mol. The average molecular weight is 219 g/mol. The number of nitrogens with one attached hydrogen (secondary N) is 1. The molecule has 0 spiro atoms. The van der Waals surface area contributed by atoms with Crippen molar-refractivity contribution in [2.45, 2.75) is 26.6 Å². The molecule has 0 unspecified atom stereocenters. The molecule has 0 aliphatic rings. The van der Waals surface area contributed by atoms with Crippen LogP contribution in [0, 0.1) is 0 Å². The molecule has 1 amide bonds. The molecule has 15 heavy (non-hydrogen) atoms. The van der Waals surface area contributed by atoms with E-state index in [0.717, 1.165) is 0 Å². The van der Waals surface area contributed by atoms with Crippen LogP contribution in [-0.4, -0.2) is 45.7 Å². The van der Waals surface area contributed by atoms with E-state index in [1.165, 1.54) is 0 Å². The molecule has 5 nitrogen and oxygen atoms in total. The zero-order valence-electron chi connectivity index (χ0n) is 9.75. The molecule has 0 fully saturated rings. The van der Waals surface area contributed by atoms with Crippen molar-refractivity contribution in [2.24, 2.45) is 0 Å². The van der Waals surface area contributed by atoms with E-state index < -0.39 is 0 Å². The van der Waals surface area contributed by atoms with Crippen LogP contribution in [0.4, 0.5) is 0 Å². The van der Waals surface area contributed by atoms with Gasteiger partial charge in [-0.05, 0) is 13.8 Å². The van der Waals surface area contributed by atoms with Crippen LogP contribution >= 0.6 is 0 Å². The molecule has 0 atom stereocenters. The van der Waals surface area contributed by atoms with Crippen molar-refractivity contribution in [3.8, 4) is 0 Å². The van der Waals surface area contributed by atoms with E-state index in [-0.39, 0.29) is 12.2 Å². The number of rotatable bonds is 9. The molecule has 1 N–H and O–H groups in total. The molecule has 0 rings (SSSR count). The maximum absolute atomic E-state index is 11.2. The Bertz CT molecular complexity index is 158. The summed E-state index contributed by atoms with van der Waals surface area (Å²) in [5.41, 5.74) is 0. The highest BCUT2D eigenvalue weighted by molar-refractivity contribution is 5.75. The van der Waals surface area contributed by atoms with Gasteiger partial charge in [0.25, 0.3) is 0 Å². The summed E-state index contributed by atoms with van der Waals surface area (Å²) < 4.78 is 15.3. The van der Waals surface area contributed by atoms with Gasteiger partial charge in [-0.3, -0.25) is 4.79 Å². The highest BCUT2D eigenvalue weighted by Gasteiger charge is 2.09. The Hall–Kier alpha value is -0.650. The fraction of sp³-hybridized carbons (Fsp3) is 0.900. The molecule has 0 aromatic heterocycles. The van der Waals surface area contributed by atoms with Gasteiger partial charge >= 0.3 is 0 Å². The highest BCUT2D eigenvalue weighted by atomic mass is 16.7. The molecular formula is C10H21NO4. The predicted molar refractivity (Wildman–Crippen MR) is 56.5 cm³/mol. The number of hydrogen-bond acceptors (Lipinski definition) is 4. The van der Waals surface area contributed by atoms with Gasteiger partial charge in [0.05, 0.1) is 13.2 Å². The van der Waals surface area contributed by atoms with Crippen molar-refractivity contribution in [1.29, 1.82) is 0 Å². The minimum atomic E-state index is -0.355. The number of carbonyl (C=O) groups excluding carboxylic acids is 1. The fourth-order valence-electron chi connectivity index (χ4n) is 1.02. The Morgan fingerprint density at radius 1 is 1.27 bits per heavy atom. The lowest BCUT2D eigenvalue weighted by molar-refractivity contribution is -0.140. The number of amides is 1. The third-order valence-corrected chi connectivity index (χ3v) is 1.70. The first kappa shape index (κ1) is 14.3. The van der Waals surface area contributed by atoms with Gasteiger partial charge in [-0.1, -0.05) is 0 Å². The zero-order valence-corrected chi connectivity index (χ0v) is 9.75. The van der Waals surface area contributed by atoms with Gasteiger partial charge in [0, 0.05) is 26.7 Å². The van der Waals surface area contributed by atoms with Crippen LogP contribution in [0.15, 0.2) is 0 Å². The molecule has 0 bridgehead atoms. The molecule has 0 saturated carbocycles. The summed E-state index contributed by atoms with van der Waals surface area (Å²) in [5, 5.41) is 2.72. The van der Waals surface area contributed by atoms with Crippen molar-refractivity contribution in [3.63, 3.8) is 0 Å². The molecule has 90 valence electrons. The van der Waals surface area contributed by atoms with Crippen LogP contribution in [0.2, 0.25) is 0 Å². The maximum Gasteiger partial charge on any atom is 0.222 e. The molecule has 5 heteroatoms. The van der Waals surface area contributed by atoms with E-state index in [9.17, 15) is 4.79 Å². The third kappa shape index (κ3) is 8.35. The summed E-state index contributed by atoms with van der Waals surface area (Å²) in [6, 6.07) is 0. The monoisotopic (exact) mass is 219 g/mol. The molecule has 0 aromatic carbocycles. The summed E-state index contributed by atoms with van der Waals surface area (Å²) in [6.07, 6.45) is 0.00747. The van der Waals surface area contributed by atoms with Gasteiger partial charge in [0.1, 0.15) is 0 Å². The van der Waals surface area contributed by atoms with Crippen LogP contribution in [0.5, 0.6) is 0 Å². The predicted octanol–water partition coefficient (Wildman–Crippen LogP) is 0.538. The van der Waals surface area contributed by atoms with Gasteiger partial charge in [-0.15, -0.1) is 0 Å². The van der Waals surface area contributed by atoms with Crippen LogP contribution in [0.1, 0.15) is 20.3 Å². The molecule has 0 aliphatic heterocycles. The number of ether oxygens (including phenoxy) is 3. The van der Waals surface area contributed by atoms with Crippen molar-refractivity contribution >= 4 is 5.91 Å². The second-order valence-corrected chi connectivity index (χ2v) is 2.89. The summed E-state index contributed by atoms with van der Waals surface area (Å²) in [7, 11) is 1.57. The number of carbonyl (C=O) groups is 1. The van der Waals surface area contributed by atoms with Crippen LogP contribution in [0.25, 0.3) is 0 Å². The Labute approximate surface area is 91.1 Å². The molecule has 0 saturated heterocycles. The van der Waals surface area contributed by atoms with Gasteiger partial charge < -0.3 is 19.5 Å². The van der Waals surface area contributed by atoms with Crippen molar-refractivity contribution in [1.82, 2.24) is 5.32 Å². The minimum Gasteiger partial charge on any atom is -0.384 e. The standard InChI is InChI=1S/C10H21NO4/c1-4-14-10(15-5-2)8-11-9(12)6-7-13-3/h10H,4-8H2,1-3H3,(H,11,12). The normalized spacial score (nSPS) is 10.7. The van der Waals surface area contributed by atoms with E-state index in [4.69, 9.17) is 14.2 Å². The number of methoxy groups -OCH3 is 1. The summed E-state index contributed by atoms with van der Waals surface area (Å²) in [6.45, 7) is 5.72. The van der Waals surface area contributed by atoms with E-state index in [0.29, 0.717) is 32.8 Å². The van der Waals surface area contributed by atoms with Gasteiger partial charge in [-0.2, -0.15) is 0 Å². The quantitative estimate of drug-likeness (QED) is 0.575. The number of hydrogen-bond donors (Lipinski definition) is 1. The van der Waals surface area contributed by atoms with Crippen molar-refractivity contribution in [3.05, 3.63) is 0 Å². The fourth-order valence-corrected chi connectivity index (χ4v) is 1.02. The van der Waals surface area contributed by atoms with Crippen molar-refractivity contribution in [2.75, 3.05) is 33.5 Å². The lowest BCUT2D eigenvalue weighted by atomic mass is 10.4. The summed E-state index contributed by atoms with van der Waals surface area (Å²) >= 11 is 0. The highest BCUT2D eigenvalue weighted by Crippen LogP contribution is 1.93. The second-order valence-electron chi connectivity index (χ2n) is 2.89. The minimum absolute atomic E-state index is 0.0544. The topological polar surface area (TPSA) is 56.8 Å². The Morgan fingerprint density at radius 3 is 2.33 bits per heavy atom. The third-order valence-electron chi connectivity index (χ3n) is 1.70. The second kappa shape index (κ2) is 9.89. The average Bonchev–Trinajstić information content (AvgIpc) is 2.23. The van der Waals surface area contributed by atoms with E-state index >= 15 is 0 Å². The van der Waals surface area contributed by atoms with Gasteiger partial charge in [0.15, 0.2) is 6.29 Å². The Kier molecular flexibility index (Phi) is 9.46. The SMILES string of the molecule is CCOC(CNC(=O)CCOC)OCC. The lowest BCUT2D eigenvalue weighted by Gasteiger charge is -2.17. The summed E-state index contributed by atoms with van der Waals surface area (Å²) in [5.74, 6) is -0.0544. The van der Waals surface area contributed by atoms with Crippen LogP contribution in [-0.2, 0) is 19.0 Å². The first-order valence-electron chi connectivity index (χ1n) is 5.23. The van der Waals surface area contributed by atoms with E-state index in [2.05, 4.69) is 5.32 Å². The van der Waals surface area contributed by atoms with E-state index in [1.807, 2.05) is 13.8 Å². The first-order chi connectivity index (χ1) is 7.24. The van der Waals surface area contributed by atoms with Gasteiger partial charge in [-0.25, -0.2) is 0 Å². The van der Waals surface area contributed by atoms with E-state index in [1.54, 1.807) is 7.11 Å². The first-order valence-corrected chi connectivity index (χ1v) is 5.23. The molecule has 0 heterocycles. The largest absolute Gasteiger partial charge is 0.384 e. The Balaban J connectivity index is 3.62. The smallest absolute Gasteiger partial charge is 0.222 e. The molecule has 0 aromatic rings. The van der Waals surface area contributed by atoms with Crippen molar-refractivity contribution < 1.29 is 19.0 Å².